The third-order valence-corrected chi connectivity index (χ3v) is 4.63. The Hall–Kier alpha value is -3.78. The van der Waals surface area contributed by atoms with Crippen molar-refractivity contribution < 1.29 is 4.92 Å². The number of aromatic nitrogens is 2. The molecule has 1 aromatic heterocycles. The zero-order valence-corrected chi connectivity index (χ0v) is 16.3. The van der Waals surface area contributed by atoms with Crippen molar-refractivity contribution in [3.63, 3.8) is 0 Å². The molecule has 0 aliphatic carbocycles. The number of imidazole rings is 1. The number of benzene rings is 3. The maximum Gasteiger partial charge on any atom is 0.269 e. The van der Waals surface area contributed by atoms with Crippen molar-refractivity contribution in [1.82, 2.24) is 9.55 Å². The Labute approximate surface area is 172 Å². The Morgan fingerprint density at radius 3 is 2.34 bits per heavy atom. The minimum absolute atomic E-state index is 0.0317. The van der Waals surface area contributed by atoms with Gasteiger partial charge in [-0.2, -0.15) is 0 Å². The molecular weight excluding hydrogens is 386 g/mol. The summed E-state index contributed by atoms with van der Waals surface area (Å²) in [5, 5.41) is 17.3. The Kier molecular flexibility index (Phi) is 4.92. The van der Waals surface area contributed by atoms with Crippen LogP contribution in [0, 0.1) is 17.0 Å². The second kappa shape index (κ2) is 7.69. The number of thiocarbonyl (C=S) groups is 1. The molecule has 2 N–H and O–H groups in total. The number of nitrogens with zero attached hydrogens (tertiary/aromatic N) is 3. The lowest BCUT2D eigenvalue weighted by Gasteiger charge is -2.11. The van der Waals surface area contributed by atoms with Crippen molar-refractivity contribution in [2.75, 3.05) is 10.6 Å². The number of hydrogen-bond acceptors (Lipinski definition) is 4. The van der Waals surface area contributed by atoms with E-state index in [0.717, 1.165) is 28.2 Å². The van der Waals surface area contributed by atoms with Gasteiger partial charge in [0.2, 0.25) is 0 Å². The highest BCUT2D eigenvalue weighted by Crippen LogP contribution is 2.24. The van der Waals surface area contributed by atoms with E-state index in [2.05, 4.69) is 20.2 Å². The van der Waals surface area contributed by atoms with Crippen LogP contribution in [-0.4, -0.2) is 19.6 Å². The van der Waals surface area contributed by atoms with Gasteiger partial charge >= 0.3 is 0 Å². The molecule has 0 amide bonds. The number of aryl methyl sites for hydroxylation is 1. The molecule has 0 atom stereocenters. The monoisotopic (exact) mass is 403 g/mol. The second-order valence-corrected chi connectivity index (χ2v) is 6.82. The number of rotatable bonds is 4. The van der Waals surface area contributed by atoms with Crippen molar-refractivity contribution in [3.8, 4) is 5.69 Å². The lowest BCUT2D eigenvalue weighted by atomic mass is 10.2. The highest BCUT2D eigenvalue weighted by atomic mass is 32.1. The van der Waals surface area contributed by atoms with Gasteiger partial charge in [-0.05, 0) is 61.6 Å². The molecule has 7 nitrogen and oxygen atoms in total. The molecule has 0 fully saturated rings. The Morgan fingerprint density at radius 1 is 1.00 bits per heavy atom. The first-order chi connectivity index (χ1) is 14.0. The molecule has 4 rings (SSSR count). The third kappa shape index (κ3) is 3.92. The molecule has 0 saturated carbocycles. The number of fused-ring (bicyclic) bond motifs is 1. The van der Waals surface area contributed by atoms with Gasteiger partial charge < -0.3 is 10.6 Å². The van der Waals surface area contributed by atoms with E-state index in [1.54, 1.807) is 12.1 Å². The fraction of sp³-hybridized carbons (Fsp3) is 0.0476. The molecule has 8 heteroatoms. The number of para-hydroxylation sites is 1. The van der Waals surface area contributed by atoms with Gasteiger partial charge in [0.05, 0.1) is 16.0 Å². The minimum Gasteiger partial charge on any atom is -0.332 e. The summed E-state index contributed by atoms with van der Waals surface area (Å²) in [6, 6.07) is 22.0. The topological polar surface area (TPSA) is 85.0 Å². The molecule has 0 aliphatic rings. The fourth-order valence-electron chi connectivity index (χ4n) is 3.14. The van der Waals surface area contributed by atoms with Crippen molar-refractivity contribution in [1.29, 1.82) is 0 Å². The van der Waals surface area contributed by atoms with E-state index in [1.165, 1.54) is 12.1 Å². The fourth-order valence-corrected chi connectivity index (χ4v) is 3.38. The molecule has 3 aromatic carbocycles. The first kappa shape index (κ1) is 18.6. The standard InChI is InChI=1S/C21H17N5O2S/c1-14-22-19-13-16(9-12-20(19)25(14)17-5-3-2-4-6-17)24-21(29)23-15-7-10-18(11-8-15)26(27)28/h2-13H,1H3,(H2,23,24,29). The summed E-state index contributed by atoms with van der Waals surface area (Å²) in [4.78, 5) is 15.0. The van der Waals surface area contributed by atoms with Gasteiger partial charge in [-0.15, -0.1) is 0 Å². The van der Waals surface area contributed by atoms with Crippen molar-refractivity contribution >= 4 is 45.4 Å². The number of nitro benzene ring substituents is 1. The first-order valence-corrected chi connectivity index (χ1v) is 9.29. The molecule has 0 saturated heterocycles. The van der Waals surface area contributed by atoms with Crippen LogP contribution in [0.2, 0.25) is 0 Å². The van der Waals surface area contributed by atoms with Gasteiger partial charge in [-0.1, -0.05) is 18.2 Å². The van der Waals surface area contributed by atoms with Crippen molar-refractivity contribution in [2.24, 2.45) is 0 Å². The Morgan fingerprint density at radius 2 is 1.66 bits per heavy atom. The summed E-state index contributed by atoms with van der Waals surface area (Å²) in [5.74, 6) is 0.898. The molecule has 0 radical (unpaired) electrons. The molecule has 4 aromatic rings. The van der Waals surface area contributed by atoms with Crippen LogP contribution in [0.1, 0.15) is 5.82 Å². The van der Waals surface area contributed by atoms with E-state index >= 15 is 0 Å². The zero-order valence-electron chi connectivity index (χ0n) is 15.5. The van der Waals surface area contributed by atoms with Crippen molar-refractivity contribution in [2.45, 2.75) is 6.92 Å². The number of non-ortho nitro benzene ring substituents is 1. The largest absolute Gasteiger partial charge is 0.332 e. The summed E-state index contributed by atoms with van der Waals surface area (Å²) >= 11 is 5.35. The highest BCUT2D eigenvalue weighted by Gasteiger charge is 2.10. The molecule has 144 valence electrons. The van der Waals surface area contributed by atoms with E-state index in [-0.39, 0.29) is 5.69 Å². The number of hydrogen-bond donors (Lipinski definition) is 2. The van der Waals surface area contributed by atoms with E-state index in [1.807, 2.05) is 55.5 Å². The third-order valence-electron chi connectivity index (χ3n) is 4.43. The van der Waals surface area contributed by atoms with Gasteiger partial charge in [0.25, 0.3) is 5.69 Å². The van der Waals surface area contributed by atoms with Crippen LogP contribution in [0.25, 0.3) is 16.7 Å². The minimum atomic E-state index is -0.438. The molecule has 29 heavy (non-hydrogen) atoms. The molecule has 1 heterocycles. The number of anilines is 2. The SMILES string of the molecule is Cc1nc2cc(NC(=S)Nc3ccc([N+](=O)[O-])cc3)ccc2n1-c1ccccc1. The summed E-state index contributed by atoms with van der Waals surface area (Å²) < 4.78 is 2.10. The maximum atomic E-state index is 10.7. The molecule has 0 bridgehead atoms. The molecule has 0 aliphatic heterocycles. The van der Waals surface area contributed by atoms with Crippen LogP contribution in [-0.2, 0) is 0 Å². The van der Waals surface area contributed by atoms with Gasteiger partial charge in [-0.25, -0.2) is 4.98 Å². The van der Waals surface area contributed by atoms with E-state index in [4.69, 9.17) is 12.2 Å². The van der Waals surface area contributed by atoms with Gasteiger partial charge in [-0.3, -0.25) is 14.7 Å². The second-order valence-electron chi connectivity index (χ2n) is 6.42. The highest BCUT2D eigenvalue weighted by molar-refractivity contribution is 7.80. The number of nitrogens with one attached hydrogen (secondary N) is 2. The van der Waals surface area contributed by atoms with Gasteiger partial charge in [0.15, 0.2) is 5.11 Å². The Balaban J connectivity index is 1.53. The van der Waals surface area contributed by atoms with Gasteiger partial charge in [0, 0.05) is 29.2 Å². The molecular formula is C21H17N5O2S. The predicted octanol–water partition coefficient (Wildman–Crippen LogP) is 5.05. The summed E-state index contributed by atoms with van der Waals surface area (Å²) in [6.45, 7) is 1.97. The normalized spacial score (nSPS) is 10.7. The quantitative estimate of drug-likeness (QED) is 0.282. The molecule has 0 spiro atoms. The van der Waals surface area contributed by atoms with E-state index in [0.29, 0.717) is 10.8 Å². The maximum absolute atomic E-state index is 10.7. The number of nitro groups is 1. The van der Waals surface area contributed by atoms with Crippen LogP contribution >= 0.6 is 12.2 Å². The summed E-state index contributed by atoms with van der Waals surface area (Å²) in [7, 11) is 0. The molecule has 0 unspecified atom stereocenters. The van der Waals surface area contributed by atoms with Gasteiger partial charge in [0.1, 0.15) is 5.82 Å². The van der Waals surface area contributed by atoms with E-state index < -0.39 is 4.92 Å². The van der Waals surface area contributed by atoms with Crippen LogP contribution in [0.3, 0.4) is 0 Å². The predicted molar refractivity (Wildman–Crippen MR) is 119 cm³/mol. The van der Waals surface area contributed by atoms with Crippen molar-refractivity contribution in [3.05, 3.63) is 88.7 Å². The zero-order chi connectivity index (χ0) is 20.4. The average molecular weight is 403 g/mol. The lowest BCUT2D eigenvalue weighted by Crippen LogP contribution is -2.18. The van der Waals surface area contributed by atoms with Crippen LogP contribution in [0.4, 0.5) is 17.1 Å². The van der Waals surface area contributed by atoms with E-state index in [9.17, 15) is 10.1 Å². The van der Waals surface area contributed by atoms with Crippen LogP contribution in [0.15, 0.2) is 72.8 Å². The smallest absolute Gasteiger partial charge is 0.269 e. The summed E-state index contributed by atoms with van der Waals surface area (Å²) in [5.41, 5.74) is 4.42. The first-order valence-electron chi connectivity index (χ1n) is 8.88. The Bertz CT molecular complexity index is 1200. The van der Waals surface area contributed by atoms with Crippen LogP contribution in [0.5, 0.6) is 0 Å². The summed E-state index contributed by atoms with van der Waals surface area (Å²) in [6.07, 6.45) is 0. The lowest BCUT2D eigenvalue weighted by molar-refractivity contribution is -0.384. The van der Waals surface area contributed by atoms with Crippen LogP contribution < -0.4 is 10.6 Å². The average Bonchev–Trinajstić information content (AvgIpc) is 3.04.